The Labute approximate surface area is 80.8 Å². The van der Waals surface area contributed by atoms with Gasteiger partial charge in [-0.25, -0.2) is 0 Å². The highest BCUT2D eigenvalue weighted by molar-refractivity contribution is 5.76. The van der Waals surface area contributed by atoms with Crippen LogP contribution in [-0.2, 0) is 0 Å². The summed E-state index contributed by atoms with van der Waals surface area (Å²) >= 11 is 0. The summed E-state index contributed by atoms with van der Waals surface area (Å²) in [6, 6.07) is 1.79. The number of nitrogens with zero attached hydrogens (tertiary/aromatic N) is 2. The molecule has 5 heteroatoms. The van der Waals surface area contributed by atoms with Gasteiger partial charge in [-0.05, 0) is 13.0 Å². The fraction of sp³-hybridized carbons (Fsp3) is 0.333. The summed E-state index contributed by atoms with van der Waals surface area (Å²) in [7, 11) is 3.67. The maximum absolute atomic E-state index is 11.6. The zero-order valence-corrected chi connectivity index (χ0v) is 8.38. The molecule has 14 heavy (non-hydrogen) atoms. The first kappa shape index (κ1) is 8.80. The molecule has 2 rings (SSSR count). The van der Waals surface area contributed by atoms with Crippen molar-refractivity contribution in [1.82, 2.24) is 15.0 Å². The first-order valence-corrected chi connectivity index (χ1v) is 4.35. The molecule has 2 N–H and O–H groups in total. The zero-order valence-electron chi connectivity index (χ0n) is 8.38. The van der Waals surface area contributed by atoms with Crippen LogP contribution in [0, 0.1) is 6.92 Å². The summed E-state index contributed by atoms with van der Waals surface area (Å²) in [5.41, 5.74) is 1.46. The standard InChI is InChI=1S/C9H12N4O/c1-5-4-6-7(10-5)11-9(13(2)3)12-8(6)14/h4H,1-3H3,(H2,10,11,12,14). The van der Waals surface area contributed by atoms with Crippen LogP contribution >= 0.6 is 0 Å². The van der Waals surface area contributed by atoms with Gasteiger partial charge in [-0.15, -0.1) is 0 Å². The fourth-order valence-electron chi connectivity index (χ4n) is 1.35. The van der Waals surface area contributed by atoms with E-state index in [0.29, 0.717) is 17.0 Å². The second-order valence-corrected chi connectivity index (χ2v) is 3.50. The molecule has 0 atom stereocenters. The van der Waals surface area contributed by atoms with Crippen molar-refractivity contribution in [3.63, 3.8) is 0 Å². The third-order valence-electron chi connectivity index (χ3n) is 2.04. The van der Waals surface area contributed by atoms with Crippen molar-refractivity contribution >= 4 is 17.0 Å². The topological polar surface area (TPSA) is 64.8 Å². The molecule has 0 unspecified atom stereocenters. The van der Waals surface area contributed by atoms with Crippen LogP contribution in [0.2, 0.25) is 0 Å². The van der Waals surface area contributed by atoms with Gasteiger partial charge in [0.05, 0.1) is 5.39 Å². The van der Waals surface area contributed by atoms with Gasteiger partial charge in [0, 0.05) is 19.8 Å². The van der Waals surface area contributed by atoms with Crippen LogP contribution in [-0.4, -0.2) is 29.0 Å². The fourth-order valence-corrected chi connectivity index (χ4v) is 1.35. The molecule has 0 aromatic carbocycles. The molecule has 2 heterocycles. The molecule has 0 bridgehead atoms. The monoisotopic (exact) mass is 192 g/mol. The Morgan fingerprint density at radius 3 is 2.71 bits per heavy atom. The SMILES string of the molecule is Cc1cc2c(=O)[nH]c(N(C)C)nc2[nH]1. The van der Waals surface area contributed by atoms with Crippen LogP contribution in [0.5, 0.6) is 0 Å². The molecular weight excluding hydrogens is 180 g/mol. The molecule has 0 aliphatic carbocycles. The lowest BCUT2D eigenvalue weighted by Gasteiger charge is -2.09. The number of hydrogen-bond acceptors (Lipinski definition) is 3. The second kappa shape index (κ2) is 2.87. The number of nitrogens with one attached hydrogen (secondary N) is 2. The van der Waals surface area contributed by atoms with Crippen molar-refractivity contribution in [2.45, 2.75) is 6.92 Å². The zero-order chi connectivity index (χ0) is 10.3. The van der Waals surface area contributed by atoms with Gasteiger partial charge in [0.25, 0.3) is 5.56 Å². The van der Waals surface area contributed by atoms with Crippen molar-refractivity contribution in [2.75, 3.05) is 19.0 Å². The maximum atomic E-state index is 11.6. The number of hydrogen-bond donors (Lipinski definition) is 2. The molecule has 0 saturated carbocycles. The lowest BCUT2D eigenvalue weighted by molar-refractivity contribution is 0.997. The van der Waals surface area contributed by atoms with E-state index in [-0.39, 0.29) is 5.56 Å². The molecule has 0 fully saturated rings. The van der Waals surface area contributed by atoms with E-state index in [0.717, 1.165) is 5.69 Å². The van der Waals surface area contributed by atoms with Crippen molar-refractivity contribution in [3.05, 3.63) is 22.1 Å². The van der Waals surface area contributed by atoms with Gasteiger partial charge in [-0.3, -0.25) is 9.78 Å². The predicted molar refractivity (Wildman–Crippen MR) is 55.8 cm³/mol. The molecule has 0 spiro atoms. The number of rotatable bonds is 1. The number of H-pyrrole nitrogens is 2. The Morgan fingerprint density at radius 2 is 2.07 bits per heavy atom. The quantitative estimate of drug-likeness (QED) is 0.696. The minimum Gasteiger partial charge on any atom is -0.348 e. The number of aromatic nitrogens is 3. The first-order chi connectivity index (χ1) is 6.58. The number of anilines is 1. The molecule has 0 aliphatic heterocycles. The number of aromatic amines is 2. The third-order valence-corrected chi connectivity index (χ3v) is 2.04. The van der Waals surface area contributed by atoms with Gasteiger partial charge in [0.15, 0.2) is 0 Å². The summed E-state index contributed by atoms with van der Waals surface area (Å²) < 4.78 is 0. The molecule has 74 valence electrons. The van der Waals surface area contributed by atoms with Crippen molar-refractivity contribution in [3.8, 4) is 0 Å². The van der Waals surface area contributed by atoms with Crippen LogP contribution in [0.1, 0.15) is 5.69 Å². The van der Waals surface area contributed by atoms with E-state index in [9.17, 15) is 4.79 Å². The highest BCUT2D eigenvalue weighted by Gasteiger charge is 2.06. The molecule has 0 radical (unpaired) electrons. The average molecular weight is 192 g/mol. The van der Waals surface area contributed by atoms with Crippen LogP contribution in [0.25, 0.3) is 11.0 Å². The maximum Gasteiger partial charge on any atom is 0.261 e. The van der Waals surface area contributed by atoms with E-state index in [1.54, 1.807) is 11.0 Å². The molecule has 2 aromatic rings. The molecule has 5 nitrogen and oxygen atoms in total. The van der Waals surface area contributed by atoms with Crippen LogP contribution in [0.4, 0.5) is 5.95 Å². The van der Waals surface area contributed by atoms with E-state index in [1.807, 2.05) is 21.0 Å². The summed E-state index contributed by atoms with van der Waals surface area (Å²) in [6.07, 6.45) is 0. The van der Waals surface area contributed by atoms with E-state index in [4.69, 9.17) is 0 Å². The lowest BCUT2D eigenvalue weighted by Crippen LogP contribution is -2.18. The Hall–Kier alpha value is -1.78. The van der Waals surface area contributed by atoms with Crippen LogP contribution < -0.4 is 10.5 Å². The molecular formula is C9H12N4O. The number of aryl methyl sites for hydroxylation is 1. The molecule has 2 aromatic heterocycles. The number of fused-ring (bicyclic) bond motifs is 1. The van der Waals surface area contributed by atoms with Gasteiger partial charge in [-0.1, -0.05) is 0 Å². The van der Waals surface area contributed by atoms with E-state index in [2.05, 4.69) is 15.0 Å². The van der Waals surface area contributed by atoms with Crippen molar-refractivity contribution in [2.24, 2.45) is 0 Å². The Balaban J connectivity index is 2.78. The van der Waals surface area contributed by atoms with Crippen molar-refractivity contribution in [1.29, 1.82) is 0 Å². The highest BCUT2D eigenvalue weighted by Crippen LogP contribution is 2.10. The normalized spacial score (nSPS) is 10.8. The average Bonchev–Trinajstić information content (AvgIpc) is 2.45. The summed E-state index contributed by atoms with van der Waals surface area (Å²) in [5, 5.41) is 0.605. The molecule has 0 amide bonds. The first-order valence-electron chi connectivity index (χ1n) is 4.35. The summed E-state index contributed by atoms with van der Waals surface area (Å²) in [6.45, 7) is 1.90. The van der Waals surface area contributed by atoms with Crippen molar-refractivity contribution < 1.29 is 0 Å². The smallest absolute Gasteiger partial charge is 0.261 e. The van der Waals surface area contributed by atoms with Gasteiger partial charge >= 0.3 is 0 Å². The predicted octanol–water partition coefficient (Wildman–Crippen LogP) is 0.626. The highest BCUT2D eigenvalue weighted by atomic mass is 16.1. The Morgan fingerprint density at radius 1 is 1.36 bits per heavy atom. The van der Waals surface area contributed by atoms with Crippen LogP contribution in [0.3, 0.4) is 0 Å². The minimum atomic E-state index is -0.108. The molecule has 0 aliphatic rings. The second-order valence-electron chi connectivity index (χ2n) is 3.50. The van der Waals surface area contributed by atoms with Gasteiger partial charge in [-0.2, -0.15) is 4.98 Å². The summed E-state index contributed by atoms with van der Waals surface area (Å²) in [5.74, 6) is 0.560. The van der Waals surface area contributed by atoms with Gasteiger partial charge in [0.2, 0.25) is 5.95 Å². The lowest BCUT2D eigenvalue weighted by atomic mass is 10.4. The van der Waals surface area contributed by atoms with Gasteiger partial charge in [0.1, 0.15) is 5.65 Å². The minimum absolute atomic E-state index is 0.108. The largest absolute Gasteiger partial charge is 0.348 e. The van der Waals surface area contributed by atoms with Crippen LogP contribution in [0.15, 0.2) is 10.9 Å². The van der Waals surface area contributed by atoms with Gasteiger partial charge < -0.3 is 9.88 Å². The Bertz CT molecular complexity index is 523. The summed E-state index contributed by atoms with van der Waals surface area (Å²) in [4.78, 5) is 23.3. The van der Waals surface area contributed by atoms with E-state index < -0.39 is 0 Å². The molecule has 0 saturated heterocycles. The van der Waals surface area contributed by atoms with E-state index >= 15 is 0 Å². The third kappa shape index (κ3) is 1.26. The Kier molecular flexibility index (Phi) is 1.80. The van der Waals surface area contributed by atoms with E-state index in [1.165, 1.54) is 0 Å².